The second kappa shape index (κ2) is 8.23. The Hall–Kier alpha value is -3.85. The van der Waals surface area contributed by atoms with Gasteiger partial charge in [-0.25, -0.2) is 0 Å². The highest BCUT2D eigenvalue weighted by atomic mass is 16.4. The third-order valence-electron chi connectivity index (χ3n) is 4.44. The van der Waals surface area contributed by atoms with E-state index in [1.165, 1.54) is 6.08 Å². The molecule has 0 unspecified atom stereocenters. The SMILES string of the molecule is C[C@@H](NC(=O)/C(C#N)=C\c1cn(CC(=O)O)c2ccccc12)c1ccccc1. The molecule has 3 rings (SSSR count). The average Bonchev–Trinajstić information content (AvgIpc) is 3.03. The van der Waals surface area contributed by atoms with Crippen LogP contribution in [0.3, 0.4) is 0 Å². The zero-order valence-electron chi connectivity index (χ0n) is 15.3. The summed E-state index contributed by atoms with van der Waals surface area (Å²) in [4.78, 5) is 23.7. The van der Waals surface area contributed by atoms with Crippen molar-refractivity contribution in [3.8, 4) is 6.07 Å². The number of carboxylic acids is 1. The summed E-state index contributed by atoms with van der Waals surface area (Å²) in [6.45, 7) is 1.65. The standard InChI is InChI=1S/C22H19N3O3/c1-15(16-7-3-2-4-8-16)24-22(28)17(12-23)11-18-13-25(14-21(26)27)20-10-6-5-9-19(18)20/h2-11,13,15H,14H2,1H3,(H,24,28)(H,26,27)/b17-11-/t15-/m1/s1. The number of nitrogens with zero attached hydrogens (tertiary/aromatic N) is 2. The van der Waals surface area contributed by atoms with Crippen molar-refractivity contribution < 1.29 is 14.7 Å². The lowest BCUT2D eigenvalue weighted by Crippen LogP contribution is -2.27. The summed E-state index contributed by atoms with van der Waals surface area (Å²) in [5, 5.41) is 22.2. The molecule has 1 aromatic heterocycles. The molecule has 6 heteroatoms. The fourth-order valence-electron chi connectivity index (χ4n) is 3.07. The van der Waals surface area contributed by atoms with Gasteiger partial charge >= 0.3 is 5.97 Å². The van der Waals surface area contributed by atoms with Crippen LogP contribution in [0.25, 0.3) is 17.0 Å². The summed E-state index contributed by atoms with van der Waals surface area (Å²) >= 11 is 0. The summed E-state index contributed by atoms with van der Waals surface area (Å²) in [5.41, 5.74) is 2.25. The van der Waals surface area contributed by atoms with E-state index in [-0.39, 0.29) is 18.2 Å². The molecule has 1 heterocycles. The van der Waals surface area contributed by atoms with E-state index in [1.807, 2.05) is 61.5 Å². The molecule has 3 aromatic rings. The molecule has 1 amide bonds. The lowest BCUT2D eigenvalue weighted by atomic mass is 10.1. The molecule has 2 aromatic carbocycles. The van der Waals surface area contributed by atoms with E-state index in [2.05, 4.69) is 5.32 Å². The van der Waals surface area contributed by atoms with Gasteiger partial charge in [-0.15, -0.1) is 0 Å². The first-order valence-corrected chi connectivity index (χ1v) is 8.77. The number of nitriles is 1. The van der Waals surface area contributed by atoms with Gasteiger partial charge in [-0.3, -0.25) is 9.59 Å². The number of hydrogen-bond donors (Lipinski definition) is 2. The third-order valence-corrected chi connectivity index (χ3v) is 4.44. The topological polar surface area (TPSA) is 95.1 Å². The highest BCUT2D eigenvalue weighted by Crippen LogP contribution is 2.24. The number of carbonyl (C=O) groups excluding carboxylic acids is 1. The van der Waals surface area contributed by atoms with Crippen molar-refractivity contribution in [3.05, 3.63) is 77.5 Å². The summed E-state index contributed by atoms with van der Waals surface area (Å²) in [5.74, 6) is -1.44. The second-order valence-corrected chi connectivity index (χ2v) is 6.40. The Kier molecular flexibility index (Phi) is 5.56. The fraction of sp³-hybridized carbons (Fsp3) is 0.136. The first kappa shape index (κ1) is 18.9. The first-order valence-electron chi connectivity index (χ1n) is 8.77. The van der Waals surface area contributed by atoms with Crippen LogP contribution in [0.2, 0.25) is 0 Å². The van der Waals surface area contributed by atoms with Crippen LogP contribution in [0.4, 0.5) is 0 Å². The molecule has 0 saturated carbocycles. The number of amides is 1. The van der Waals surface area contributed by atoms with Gasteiger partial charge < -0.3 is 15.0 Å². The molecule has 0 spiro atoms. The van der Waals surface area contributed by atoms with E-state index in [0.29, 0.717) is 5.56 Å². The summed E-state index contributed by atoms with van der Waals surface area (Å²) < 4.78 is 1.59. The Morgan fingerprint density at radius 1 is 1.18 bits per heavy atom. The molecule has 0 aliphatic carbocycles. The van der Waals surface area contributed by atoms with E-state index in [4.69, 9.17) is 5.11 Å². The molecule has 140 valence electrons. The predicted octanol–water partition coefficient (Wildman–Crippen LogP) is 3.51. The molecule has 2 N–H and O–H groups in total. The van der Waals surface area contributed by atoms with Crippen molar-refractivity contribution >= 4 is 28.9 Å². The maximum absolute atomic E-state index is 12.6. The van der Waals surface area contributed by atoms with E-state index >= 15 is 0 Å². The van der Waals surface area contributed by atoms with Crippen molar-refractivity contribution in [1.29, 1.82) is 5.26 Å². The van der Waals surface area contributed by atoms with Gasteiger partial charge in [0.15, 0.2) is 0 Å². The number of aromatic nitrogens is 1. The van der Waals surface area contributed by atoms with Gasteiger partial charge in [0.1, 0.15) is 18.2 Å². The lowest BCUT2D eigenvalue weighted by molar-refractivity contribution is -0.137. The molecule has 28 heavy (non-hydrogen) atoms. The number of aliphatic carboxylic acids is 1. The molecule has 0 saturated heterocycles. The van der Waals surface area contributed by atoms with E-state index in [0.717, 1.165) is 16.5 Å². The zero-order chi connectivity index (χ0) is 20.1. The van der Waals surface area contributed by atoms with Gasteiger partial charge in [0, 0.05) is 22.7 Å². The Morgan fingerprint density at radius 3 is 2.54 bits per heavy atom. The minimum Gasteiger partial charge on any atom is -0.480 e. The van der Waals surface area contributed by atoms with Crippen molar-refractivity contribution in [3.63, 3.8) is 0 Å². The van der Waals surface area contributed by atoms with Gasteiger partial charge in [-0.05, 0) is 24.6 Å². The highest BCUT2D eigenvalue weighted by Gasteiger charge is 2.16. The maximum atomic E-state index is 12.6. The molecular weight excluding hydrogens is 354 g/mol. The number of para-hydroxylation sites is 1. The Labute approximate surface area is 162 Å². The normalized spacial score (nSPS) is 12.4. The number of nitrogens with one attached hydrogen (secondary N) is 1. The predicted molar refractivity (Wildman–Crippen MR) is 106 cm³/mol. The van der Waals surface area contributed by atoms with Gasteiger partial charge in [0.2, 0.25) is 0 Å². The number of benzene rings is 2. The van der Waals surface area contributed by atoms with Crippen LogP contribution in [0, 0.1) is 11.3 Å². The van der Waals surface area contributed by atoms with Crippen molar-refractivity contribution in [2.24, 2.45) is 0 Å². The van der Waals surface area contributed by atoms with Gasteiger partial charge in [-0.2, -0.15) is 5.26 Å². The number of fused-ring (bicyclic) bond motifs is 1. The van der Waals surface area contributed by atoms with E-state index in [1.54, 1.807) is 16.8 Å². The monoisotopic (exact) mass is 373 g/mol. The Balaban J connectivity index is 1.91. The van der Waals surface area contributed by atoms with Crippen LogP contribution >= 0.6 is 0 Å². The van der Waals surface area contributed by atoms with Crippen LogP contribution in [0.15, 0.2) is 66.4 Å². The largest absolute Gasteiger partial charge is 0.480 e. The van der Waals surface area contributed by atoms with Crippen molar-refractivity contribution in [2.75, 3.05) is 0 Å². The molecule has 1 atom stereocenters. The summed E-state index contributed by atoms with van der Waals surface area (Å²) in [6.07, 6.45) is 3.14. The average molecular weight is 373 g/mol. The van der Waals surface area contributed by atoms with Crippen LogP contribution in [-0.2, 0) is 16.1 Å². The maximum Gasteiger partial charge on any atom is 0.323 e. The van der Waals surface area contributed by atoms with Crippen LogP contribution in [0.5, 0.6) is 0 Å². The minimum atomic E-state index is -0.966. The third kappa shape index (κ3) is 4.10. The number of hydrogen-bond acceptors (Lipinski definition) is 3. The number of rotatable bonds is 6. The minimum absolute atomic E-state index is 0.0407. The van der Waals surface area contributed by atoms with Crippen LogP contribution in [0.1, 0.15) is 24.1 Å². The number of carboxylic acid groups (broad SMARTS) is 1. The smallest absolute Gasteiger partial charge is 0.323 e. The molecular formula is C22H19N3O3. The van der Waals surface area contributed by atoms with E-state index < -0.39 is 11.9 Å². The first-order chi connectivity index (χ1) is 13.5. The molecule has 0 aliphatic rings. The Bertz CT molecular complexity index is 1090. The fourth-order valence-corrected chi connectivity index (χ4v) is 3.07. The highest BCUT2D eigenvalue weighted by molar-refractivity contribution is 6.04. The van der Waals surface area contributed by atoms with Crippen molar-refractivity contribution in [2.45, 2.75) is 19.5 Å². The molecule has 0 bridgehead atoms. The zero-order valence-corrected chi connectivity index (χ0v) is 15.3. The van der Waals surface area contributed by atoms with E-state index in [9.17, 15) is 14.9 Å². The molecule has 0 aliphatic heterocycles. The molecule has 0 fully saturated rings. The van der Waals surface area contributed by atoms with Gasteiger partial charge in [0.25, 0.3) is 5.91 Å². The second-order valence-electron chi connectivity index (χ2n) is 6.40. The van der Waals surface area contributed by atoms with Crippen LogP contribution in [-0.4, -0.2) is 21.6 Å². The quantitative estimate of drug-likeness (QED) is 0.511. The van der Waals surface area contributed by atoms with Gasteiger partial charge in [-0.1, -0.05) is 48.5 Å². The summed E-state index contributed by atoms with van der Waals surface area (Å²) in [6, 6.07) is 18.4. The Morgan fingerprint density at radius 2 is 1.86 bits per heavy atom. The molecule has 6 nitrogen and oxygen atoms in total. The molecule has 0 radical (unpaired) electrons. The lowest BCUT2D eigenvalue weighted by Gasteiger charge is -2.13. The van der Waals surface area contributed by atoms with Crippen molar-refractivity contribution in [1.82, 2.24) is 9.88 Å². The number of carbonyl (C=O) groups is 2. The summed E-state index contributed by atoms with van der Waals surface area (Å²) in [7, 11) is 0. The van der Waals surface area contributed by atoms with Gasteiger partial charge in [0.05, 0.1) is 6.04 Å². The van der Waals surface area contributed by atoms with Crippen LogP contribution < -0.4 is 5.32 Å².